The van der Waals surface area contributed by atoms with E-state index in [1.54, 1.807) is 16.8 Å². The molecule has 10 heteroatoms. The van der Waals surface area contributed by atoms with E-state index in [0.29, 0.717) is 49.6 Å². The molecule has 2 N–H and O–H groups in total. The number of hydrogen-bond acceptors (Lipinski definition) is 8. The van der Waals surface area contributed by atoms with Gasteiger partial charge in [0.1, 0.15) is 19.0 Å². The lowest BCUT2D eigenvalue weighted by atomic mass is 9.97. The molecule has 5 rings (SSSR count). The zero-order valence-corrected chi connectivity index (χ0v) is 18.8. The van der Waals surface area contributed by atoms with E-state index in [2.05, 4.69) is 20.2 Å². The van der Waals surface area contributed by atoms with E-state index in [4.69, 9.17) is 9.47 Å². The maximum absolute atomic E-state index is 13.7. The van der Waals surface area contributed by atoms with Crippen LogP contribution in [0.5, 0.6) is 11.5 Å². The number of hydrogen-bond donors (Lipinski definition) is 2. The normalized spacial score (nSPS) is 20.5. The molecule has 0 unspecified atom stereocenters. The largest absolute Gasteiger partial charge is 0.486 e. The third-order valence-corrected chi connectivity index (χ3v) is 6.52. The van der Waals surface area contributed by atoms with Gasteiger partial charge in [-0.3, -0.25) is 19.7 Å². The van der Waals surface area contributed by atoms with E-state index in [0.717, 1.165) is 37.0 Å². The number of pyridine rings is 3. The van der Waals surface area contributed by atoms with Crippen molar-refractivity contribution in [2.24, 2.45) is 0 Å². The summed E-state index contributed by atoms with van der Waals surface area (Å²) in [7, 11) is 0. The number of ether oxygens (including phenoxy) is 2. The molecular formula is C24H28FN5O4. The number of aliphatic hydroxyl groups excluding tert-OH is 1. The molecule has 0 saturated carbocycles. The number of halogens is 1. The maximum atomic E-state index is 13.7. The van der Waals surface area contributed by atoms with Gasteiger partial charge >= 0.3 is 0 Å². The molecule has 2 aliphatic heterocycles. The Morgan fingerprint density at radius 1 is 1.12 bits per heavy atom. The summed E-state index contributed by atoms with van der Waals surface area (Å²) in [4.78, 5) is 23.1. The van der Waals surface area contributed by atoms with Gasteiger partial charge in [0.2, 0.25) is 0 Å². The zero-order chi connectivity index (χ0) is 23.5. The van der Waals surface area contributed by atoms with Crippen LogP contribution in [-0.4, -0.2) is 69.5 Å². The molecule has 1 fully saturated rings. The summed E-state index contributed by atoms with van der Waals surface area (Å²) < 4.78 is 26.4. The molecule has 34 heavy (non-hydrogen) atoms. The number of rotatable bonds is 7. The molecule has 0 bridgehead atoms. The van der Waals surface area contributed by atoms with E-state index in [9.17, 15) is 14.3 Å². The molecular weight excluding hydrogens is 441 g/mol. The van der Waals surface area contributed by atoms with Gasteiger partial charge in [0.05, 0.1) is 35.7 Å². The highest BCUT2D eigenvalue weighted by Crippen LogP contribution is 2.29. The van der Waals surface area contributed by atoms with Gasteiger partial charge in [-0.25, -0.2) is 4.39 Å². The summed E-state index contributed by atoms with van der Waals surface area (Å²) in [6, 6.07) is 6.52. The van der Waals surface area contributed by atoms with E-state index in [-0.39, 0.29) is 24.2 Å². The van der Waals surface area contributed by atoms with Crippen molar-refractivity contribution in [1.82, 2.24) is 24.8 Å². The van der Waals surface area contributed by atoms with Crippen LogP contribution in [0.1, 0.15) is 18.5 Å². The van der Waals surface area contributed by atoms with Gasteiger partial charge in [0, 0.05) is 56.5 Å². The molecule has 9 nitrogen and oxygen atoms in total. The first-order chi connectivity index (χ1) is 16.6. The highest BCUT2D eigenvalue weighted by molar-refractivity contribution is 5.74. The molecule has 0 radical (unpaired) electrons. The molecule has 1 saturated heterocycles. The van der Waals surface area contributed by atoms with Crippen LogP contribution in [0.25, 0.3) is 11.0 Å². The Kier molecular flexibility index (Phi) is 6.70. The Morgan fingerprint density at radius 3 is 2.82 bits per heavy atom. The van der Waals surface area contributed by atoms with Crippen LogP contribution < -0.4 is 20.3 Å². The Hall–Kier alpha value is -3.08. The lowest BCUT2D eigenvalue weighted by Gasteiger charge is -2.39. The van der Waals surface area contributed by atoms with Crippen LogP contribution in [0, 0.1) is 5.82 Å². The predicted molar refractivity (Wildman–Crippen MR) is 123 cm³/mol. The quantitative estimate of drug-likeness (QED) is 0.534. The van der Waals surface area contributed by atoms with Crippen molar-refractivity contribution in [2.75, 3.05) is 32.9 Å². The van der Waals surface area contributed by atoms with Crippen molar-refractivity contribution in [2.45, 2.75) is 38.0 Å². The zero-order valence-electron chi connectivity index (χ0n) is 18.8. The van der Waals surface area contributed by atoms with Crippen molar-refractivity contribution < 1.29 is 19.0 Å². The lowest BCUT2D eigenvalue weighted by molar-refractivity contribution is 0.0717. The molecule has 2 atom stereocenters. The van der Waals surface area contributed by atoms with Gasteiger partial charge in [0.15, 0.2) is 11.5 Å². The summed E-state index contributed by atoms with van der Waals surface area (Å²) >= 11 is 0. The van der Waals surface area contributed by atoms with Crippen LogP contribution in [0.2, 0.25) is 0 Å². The minimum atomic E-state index is -0.473. The highest BCUT2D eigenvalue weighted by Gasteiger charge is 2.28. The van der Waals surface area contributed by atoms with Crippen LogP contribution in [-0.2, 0) is 13.1 Å². The fourth-order valence-corrected chi connectivity index (χ4v) is 4.71. The average Bonchev–Trinajstić information content (AvgIpc) is 2.87. The van der Waals surface area contributed by atoms with Gasteiger partial charge in [-0.1, -0.05) is 0 Å². The molecule has 0 amide bonds. The smallest absolute Gasteiger partial charge is 0.251 e. The first-order valence-corrected chi connectivity index (χ1v) is 11.6. The topological polar surface area (TPSA) is 102 Å². The SMILES string of the molecule is O=c1ccc2ncc(F)cc2n1CCN1CC[C@H](NCc2cc3c(cn2)OCCO3)C[C@H]1CO. The number of aliphatic hydroxyl groups is 1. The van der Waals surface area contributed by atoms with Crippen LogP contribution in [0.3, 0.4) is 0 Å². The number of nitrogens with one attached hydrogen (secondary N) is 1. The second-order valence-electron chi connectivity index (χ2n) is 8.67. The minimum absolute atomic E-state index is 0.0278. The first kappa shape index (κ1) is 22.7. The Balaban J connectivity index is 1.19. The van der Waals surface area contributed by atoms with E-state index in [1.807, 2.05) is 6.07 Å². The number of aromatic nitrogens is 3. The predicted octanol–water partition coefficient (Wildman–Crippen LogP) is 1.32. The first-order valence-electron chi connectivity index (χ1n) is 11.6. The van der Waals surface area contributed by atoms with E-state index >= 15 is 0 Å². The van der Waals surface area contributed by atoms with Gasteiger partial charge in [-0.05, 0) is 18.9 Å². The second kappa shape index (κ2) is 10.0. The van der Waals surface area contributed by atoms with Crippen molar-refractivity contribution >= 4 is 11.0 Å². The standard InChI is InChI=1S/C24H28FN5O4/c25-16-9-21-20(28-12-16)1-2-24(32)30(21)6-5-29-4-3-17(10-19(29)15-31)26-13-18-11-22-23(14-27-18)34-8-7-33-22/h1-2,9,11-12,14,17,19,26,31H,3-8,10,13,15H2/t17-,19-/m0/s1. The van der Waals surface area contributed by atoms with Crippen molar-refractivity contribution in [3.8, 4) is 11.5 Å². The highest BCUT2D eigenvalue weighted by atomic mass is 19.1. The molecule has 3 aromatic heterocycles. The summed E-state index contributed by atoms with van der Waals surface area (Å²) in [5.74, 6) is 0.923. The molecule has 180 valence electrons. The number of piperidine rings is 1. The van der Waals surface area contributed by atoms with Gasteiger partial charge in [-0.15, -0.1) is 0 Å². The fourth-order valence-electron chi connectivity index (χ4n) is 4.71. The van der Waals surface area contributed by atoms with E-state index < -0.39 is 5.82 Å². The van der Waals surface area contributed by atoms with Crippen molar-refractivity contribution in [3.05, 3.63) is 58.5 Å². The van der Waals surface area contributed by atoms with Crippen LogP contribution >= 0.6 is 0 Å². The average molecular weight is 470 g/mol. The fraction of sp³-hybridized carbons (Fsp3) is 0.458. The van der Waals surface area contributed by atoms with Gasteiger partial charge in [-0.2, -0.15) is 0 Å². The summed E-state index contributed by atoms with van der Waals surface area (Å²) in [6.45, 7) is 3.47. The molecule has 0 spiro atoms. The van der Waals surface area contributed by atoms with E-state index in [1.165, 1.54) is 12.1 Å². The summed E-state index contributed by atoms with van der Waals surface area (Å²) in [5.41, 5.74) is 1.75. The second-order valence-corrected chi connectivity index (χ2v) is 8.67. The number of likely N-dealkylation sites (tertiary alicyclic amines) is 1. The summed E-state index contributed by atoms with van der Waals surface area (Å²) in [5, 5.41) is 13.6. The summed E-state index contributed by atoms with van der Waals surface area (Å²) in [6.07, 6.45) is 4.53. The van der Waals surface area contributed by atoms with Gasteiger partial charge in [0.25, 0.3) is 5.56 Å². The third kappa shape index (κ3) is 4.89. The maximum Gasteiger partial charge on any atom is 0.251 e. The third-order valence-electron chi connectivity index (χ3n) is 6.52. The van der Waals surface area contributed by atoms with Crippen molar-refractivity contribution in [1.29, 1.82) is 0 Å². The molecule has 5 heterocycles. The monoisotopic (exact) mass is 469 g/mol. The molecule has 3 aromatic rings. The van der Waals surface area contributed by atoms with Crippen LogP contribution in [0.15, 0.2) is 41.5 Å². The Morgan fingerprint density at radius 2 is 1.97 bits per heavy atom. The minimum Gasteiger partial charge on any atom is -0.486 e. The molecule has 0 aliphatic carbocycles. The van der Waals surface area contributed by atoms with Crippen LogP contribution in [0.4, 0.5) is 4.39 Å². The lowest BCUT2D eigenvalue weighted by Crippen LogP contribution is -2.51. The van der Waals surface area contributed by atoms with Crippen molar-refractivity contribution in [3.63, 3.8) is 0 Å². The number of nitrogens with zero attached hydrogens (tertiary/aromatic N) is 4. The Labute approximate surface area is 196 Å². The Bertz CT molecular complexity index is 1220. The van der Waals surface area contributed by atoms with Gasteiger partial charge < -0.3 is 24.5 Å². The molecule has 2 aliphatic rings. The number of fused-ring (bicyclic) bond motifs is 2. The molecule has 0 aromatic carbocycles.